The van der Waals surface area contributed by atoms with Gasteiger partial charge in [0.15, 0.2) is 11.5 Å². The zero-order valence-corrected chi connectivity index (χ0v) is 23.2. The van der Waals surface area contributed by atoms with Gasteiger partial charge in [0.05, 0.1) is 19.8 Å². The number of esters is 1. The van der Waals surface area contributed by atoms with Gasteiger partial charge in [-0.3, -0.25) is 9.59 Å². The van der Waals surface area contributed by atoms with E-state index in [1.165, 1.54) is 30.2 Å². The van der Waals surface area contributed by atoms with Gasteiger partial charge in [-0.1, -0.05) is 7.43 Å². The van der Waals surface area contributed by atoms with Gasteiger partial charge in [-0.15, -0.1) is 0 Å². The smallest absolute Gasteiger partial charge is 0.433 e. The third-order valence-corrected chi connectivity index (χ3v) is 7.25. The number of amides is 2. The predicted octanol–water partition coefficient (Wildman–Crippen LogP) is 4.25. The number of nitrogens with zero attached hydrogens (tertiary/aromatic N) is 3. The van der Waals surface area contributed by atoms with Gasteiger partial charge in [0.2, 0.25) is 11.8 Å². The Bertz CT molecular complexity index is 1530. The second-order valence-corrected chi connectivity index (χ2v) is 10.4. The van der Waals surface area contributed by atoms with Crippen LogP contribution in [0.15, 0.2) is 28.7 Å². The quantitative estimate of drug-likeness (QED) is 0.359. The standard InChI is InChI=1S/C28H30F3N5O6.CH4/c1-4-41-27(39)18-11-15(33-24(37)14-5-6-14)12-36(18)26(38)22-23(13(2)32)42-25(35-22)17-7-9-19(40-3)21-16(17)8-10-20(34-21)28(29,30)31;/h7-10,13-15,18H,4-6,11-12,32H2,1-3H3,(H,33,37);1H4/t13-,15+,18-;/m0./s1. The molecule has 3 aromatic rings. The zero-order chi connectivity index (χ0) is 30.3. The fourth-order valence-corrected chi connectivity index (χ4v) is 5.04. The Kier molecular flexibility index (Phi) is 9.00. The van der Waals surface area contributed by atoms with E-state index in [0.29, 0.717) is 0 Å². The van der Waals surface area contributed by atoms with Crippen LogP contribution in [0.1, 0.15) is 68.5 Å². The molecule has 43 heavy (non-hydrogen) atoms. The van der Waals surface area contributed by atoms with Crippen molar-refractivity contribution in [2.75, 3.05) is 20.3 Å². The number of halogens is 3. The third-order valence-electron chi connectivity index (χ3n) is 7.25. The average Bonchev–Trinajstić information content (AvgIpc) is 3.57. The van der Waals surface area contributed by atoms with E-state index in [1.807, 2.05) is 0 Å². The molecule has 1 aliphatic heterocycles. The van der Waals surface area contributed by atoms with Crippen molar-refractivity contribution in [1.29, 1.82) is 0 Å². The number of ether oxygens (including phenoxy) is 2. The lowest BCUT2D eigenvalue weighted by atomic mass is 10.1. The van der Waals surface area contributed by atoms with Crippen LogP contribution in [0.25, 0.3) is 22.4 Å². The van der Waals surface area contributed by atoms with E-state index < -0.39 is 41.9 Å². The van der Waals surface area contributed by atoms with Gasteiger partial charge < -0.3 is 29.8 Å². The van der Waals surface area contributed by atoms with Crippen LogP contribution in [0.3, 0.4) is 0 Å². The fraction of sp³-hybridized carbons (Fsp3) is 0.483. The molecular formula is C29H34F3N5O6. The molecular weight excluding hydrogens is 571 g/mol. The van der Waals surface area contributed by atoms with E-state index in [-0.39, 0.29) is 78.4 Å². The van der Waals surface area contributed by atoms with Crippen molar-refractivity contribution in [2.45, 2.75) is 64.8 Å². The summed E-state index contributed by atoms with van der Waals surface area (Å²) in [6, 6.07) is 2.75. The summed E-state index contributed by atoms with van der Waals surface area (Å²) in [4.78, 5) is 48.6. The van der Waals surface area contributed by atoms with Gasteiger partial charge in [-0.25, -0.2) is 14.8 Å². The number of hydrogen-bond donors (Lipinski definition) is 2. The lowest BCUT2D eigenvalue weighted by molar-refractivity contribution is -0.147. The molecule has 5 rings (SSSR count). The number of fused-ring (bicyclic) bond motifs is 1. The molecule has 232 valence electrons. The molecule has 0 spiro atoms. The molecule has 1 aliphatic carbocycles. The molecule has 14 heteroatoms. The molecule has 2 amide bonds. The van der Waals surface area contributed by atoms with Gasteiger partial charge in [0, 0.05) is 35.9 Å². The van der Waals surface area contributed by atoms with Gasteiger partial charge in [-0.2, -0.15) is 13.2 Å². The Labute approximate surface area is 245 Å². The number of methoxy groups -OCH3 is 1. The number of benzene rings is 1. The van der Waals surface area contributed by atoms with Crippen LogP contribution in [0, 0.1) is 5.92 Å². The van der Waals surface area contributed by atoms with E-state index in [4.69, 9.17) is 19.6 Å². The summed E-state index contributed by atoms with van der Waals surface area (Å²) in [5.74, 6) is -1.41. The SMILES string of the molecule is C.CCOC(=O)[C@@H]1C[C@@H](NC(=O)C2CC2)CN1C(=O)c1nc(-c2ccc(OC)c3nc(C(F)(F)F)ccc23)oc1[C@H](C)N. The normalized spacial score (nSPS) is 19.1. The van der Waals surface area contributed by atoms with Gasteiger partial charge in [0.1, 0.15) is 23.0 Å². The van der Waals surface area contributed by atoms with Crippen LogP contribution < -0.4 is 15.8 Å². The number of rotatable bonds is 8. The Morgan fingerprint density at radius 3 is 2.51 bits per heavy atom. The Morgan fingerprint density at radius 2 is 1.91 bits per heavy atom. The van der Waals surface area contributed by atoms with Crippen molar-refractivity contribution < 1.29 is 41.4 Å². The highest BCUT2D eigenvalue weighted by molar-refractivity contribution is 5.99. The van der Waals surface area contributed by atoms with Crippen LogP contribution in [0.2, 0.25) is 0 Å². The monoisotopic (exact) mass is 605 g/mol. The van der Waals surface area contributed by atoms with Crippen molar-refractivity contribution >= 4 is 28.7 Å². The van der Waals surface area contributed by atoms with E-state index in [0.717, 1.165) is 18.9 Å². The number of hydrogen-bond acceptors (Lipinski definition) is 9. The first-order chi connectivity index (χ1) is 19.9. The number of carbonyl (C=O) groups excluding carboxylic acids is 3. The summed E-state index contributed by atoms with van der Waals surface area (Å²) in [5, 5.41) is 3.15. The summed E-state index contributed by atoms with van der Waals surface area (Å²) >= 11 is 0. The molecule has 1 aromatic carbocycles. The fourth-order valence-electron chi connectivity index (χ4n) is 5.04. The highest BCUT2D eigenvalue weighted by Crippen LogP contribution is 2.38. The number of oxazole rings is 1. The van der Waals surface area contributed by atoms with E-state index in [1.54, 1.807) is 13.8 Å². The first kappa shape index (κ1) is 31.7. The van der Waals surface area contributed by atoms with Crippen LogP contribution in [-0.4, -0.2) is 65.0 Å². The summed E-state index contributed by atoms with van der Waals surface area (Å²) in [7, 11) is 1.31. The number of nitrogens with two attached hydrogens (primary N) is 1. The highest BCUT2D eigenvalue weighted by Gasteiger charge is 2.44. The van der Waals surface area contributed by atoms with Crippen molar-refractivity contribution in [2.24, 2.45) is 11.7 Å². The van der Waals surface area contributed by atoms with E-state index in [9.17, 15) is 27.6 Å². The minimum Gasteiger partial charge on any atom is -0.494 e. The molecule has 0 radical (unpaired) electrons. The second-order valence-electron chi connectivity index (χ2n) is 10.4. The molecule has 0 bridgehead atoms. The maximum absolute atomic E-state index is 13.9. The average molecular weight is 606 g/mol. The van der Waals surface area contributed by atoms with Gasteiger partial charge in [-0.05, 0) is 51.0 Å². The zero-order valence-electron chi connectivity index (χ0n) is 23.2. The number of alkyl halides is 3. The minimum atomic E-state index is -4.68. The maximum atomic E-state index is 13.9. The Hall–Kier alpha value is -4.20. The lowest BCUT2D eigenvalue weighted by Gasteiger charge is -2.22. The van der Waals surface area contributed by atoms with Crippen molar-refractivity contribution in [3.8, 4) is 17.2 Å². The van der Waals surface area contributed by atoms with E-state index >= 15 is 0 Å². The molecule has 11 nitrogen and oxygen atoms in total. The Morgan fingerprint density at radius 1 is 1.19 bits per heavy atom. The first-order valence-corrected chi connectivity index (χ1v) is 13.5. The van der Waals surface area contributed by atoms with Crippen molar-refractivity contribution in [3.05, 3.63) is 41.4 Å². The molecule has 2 aromatic heterocycles. The number of aromatic nitrogens is 2. The predicted molar refractivity (Wildman–Crippen MR) is 149 cm³/mol. The van der Waals surface area contributed by atoms with Crippen LogP contribution in [0.5, 0.6) is 5.75 Å². The van der Waals surface area contributed by atoms with Crippen LogP contribution in [0.4, 0.5) is 13.2 Å². The molecule has 3 atom stereocenters. The third kappa shape index (κ3) is 6.28. The summed E-state index contributed by atoms with van der Waals surface area (Å²) in [6.07, 6.45) is -2.91. The molecule has 2 aliphatic rings. The molecule has 0 unspecified atom stereocenters. The Balaban J connectivity index is 0.00000423. The van der Waals surface area contributed by atoms with Crippen LogP contribution >= 0.6 is 0 Å². The van der Waals surface area contributed by atoms with Crippen LogP contribution in [-0.2, 0) is 20.5 Å². The number of likely N-dealkylation sites (tertiary alicyclic amines) is 1. The number of nitrogens with one attached hydrogen (secondary N) is 1. The summed E-state index contributed by atoms with van der Waals surface area (Å²) < 4.78 is 56.5. The number of pyridine rings is 1. The highest BCUT2D eigenvalue weighted by atomic mass is 19.4. The van der Waals surface area contributed by atoms with E-state index in [2.05, 4.69) is 15.3 Å². The molecule has 1 saturated carbocycles. The van der Waals surface area contributed by atoms with Gasteiger partial charge in [0.25, 0.3) is 5.91 Å². The molecule has 1 saturated heterocycles. The summed E-state index contributed by atoms with van der Waals surface area (Å²) in [6.45, 7) is 3.37. The molecule has 3 heterocycles. The van der Waals surface area contributed by atoms with Crippen molar-refractivity contribution in [3.63, 3.8) is 0 Å². The number of carbonyl (C=O) groups is 3. The largest absolute Gasteiger partial charge is 0.494 e. The topological polar surface area (TPSA) is 150 Å². The lowest BCUT2D eigenvalue weighted by Crippen LogP contribution is -2.43. The molecule has 3 N–H and O–H groups in total. The van der Waals surface area contributed by atoms with Crippen molar-refractivity contribution in [1.82, 2.24) is 20.2 Å². The maximum Gasteiger partial charge on any atom is 0.433 e. The minimum absolute atomic E-state index is 0. The summed E-state index contributed by atoms with van der Waals surface area (Å²) in [5.41, 5.74) is 5.05. The van der Waals surface area contributed by atoms with Gasteiger partial charge >= 0.3 is 12.1 Å². The second kappa shape index (κ2) is 12.2. The first-order valence-electron chi connectivity index (χ1n) is 13.5. The molecule has 2 fully saturated rings.